The monoisotopic (exact) mass is 349 g/mol. The van der Waals surface area contributed by atoms with Crippen molar-refractivity contribution in [1.29, 1.82) is 0 Å². The molecule has 2 heterocycles. The van der Waals surface area contributed by atoms with E-state index >= 15 is 0 Å². The molecule has 1 unspecified atom stereocenters. The number of nitrogens with zero attached hydrogens (tertiary/aromatic N) is 2. The standard InChI is InChI=1S/C12H16BrN3O2.ClH/c1-15(10-4-5-14-6-10)12(18)8-16-7-9(13)2-3-11(16)17;/h2-3,7,10,14H,4-6,8H2,1H3;1H. The van der Waals surface area contributed by atoms with Crippen molar-refractivity contribution in [2.24, 2.45) is 0 Å². The van der Waals surface area contributed by atoms with Crippen molar-refractivity contribution in [2.75, 3.05) is 20.1 Å². The van der Waals surface area contributed by atoms with Crippen molar-refractivity contribution in [2.45, 2.75) is 19.0 Å². The first-order valence-corrected chi connectivity index (χ1v) is 6.69. The zero-order chi connectivity index (χ0) is 13.1. The molecule has 1 aromatic rings. The van der Waals surface area contributed by atoms with Gasteiger partial charge < -0.3 is 14.8 Å². The lowest BCUT2D eigenvalue weighted by Crippen LogP contribution is -2.41. The Labute approximate surface area is 126 Å². The average molecular weight is 351 g/mol. The Morgan fingerprint density at radius 1 is 1.58 bits per heavy atom. The Morgan fingerprint density at radius 3 is 2.95 bits per heavy atom. The lowest BCUT2D eigenvalue weighted by molar-refractivity contribution is -0.132. The lowest BCUT2D eigenvalue weighted by Gasteiger charge is -2.24. The van der Waals surface area contributed by atoms with Gasteiger partial charge in [-0.3, -0.25) is 9.59 Å². The molecule has 106 valence electrons. The number of pyridine rings is 1. The number of halogens is 2. The van der Waals surface area contributed by atoms with Gasteiger partial charge in [0, 0.05) is 36.4 Å². The number of aromatic nitrogens is 1. The summed E-state index contributed by atoms with van der Waals surface area (Å²) in [7, 11) is 1.79. The van der Waals surface area contributed by atoms with Crippen LogP contribution in [0.25, 0.3) is 0 Å². The van der Waals surface area contributed by atoms with Crippen molar-refractivity contribution in [3.05, 3.63) is 33.2 Å². The topological polar surface area (TPSA) is 54.3 Å². The van der Waals surface area contributed by atoms with Gasteiger partial charge in [0.15, 0.2) is 0 Å². The highest BCUT2D eigenvalue weighted by atomic mass is 79.9. The summed E-state index contributed by atoms with van der Waals surface area (Å²) in [5, 5.41) is 3.22. The Kier molecular flexibility index (Phi) is 6.03. The number of carbonyl (C=O) groups excluding carboxylic acids is 1. The number of nitrogens with one attached hydrogen (secondary N) is 1. The zero-order valence-corrected chi connectivity index (χ0v) is 13.0. The Hall–Kier alpha value is -0.850. The largest absolute Gasteiger partial charge is 0.340 e. The van der Waals surface area contributed by atoms with Gasteiger partial charge in [0.1, 0.15) is 6.54 Å². The van der Waals surface area contributed by atoms with Crippen LogP contribution >= 0.6 is 28.3 Å². The van der Waals surface area contributed by atoms with Gasteiger partial charge in [-0.2, -0.15) is 0 Å². The minimum Gasteiger partial charge on any atom is -0.340 e. The molecule has 1 saturated heterocycles. The molecule has 7 heteroatoms. The van der Waals surface area contributed by atoms with E-state index in [4.69, 9.17) is 0 Å². The van der Waals surface area contributed by atoms with Crippen LogP contribution in [0.15, 0.2) is 27.6 Å². The number of carbonyl (C=O) groups is 1. The summed E-state index contributed by atoms with van der Waals surface area (Å²) >= 11 is 3.29. The molecule has 0 spiro atoms. The quantitative estimate of drug-likeness (QED) is 0.879. The summed E-state index contributed by atoms with van der Waals surface area (Å²) in [5.74, 6) is -0.0381. The molecular formula is C12H17BrClN3O2. The third kappa shape index (κ3) is 4.06. The predicted molar refractivity (Wildman–Crippen MR) is 79.7 cm³/mol. The van der Waals surface area contributed by atoms with Gasteiger partial charge in [0.05, 0.1) is 0 Å². The molecule has 1 atom stereocenters. The molecule has 0 radical (unpaired) electrons. The fraction of sp³-hybridized carbons (Fsp3) is 0.500. The average Bonchev–Trinajstić information content (AvgIpc) is 2.86. The molecule has 1 aromatic heterocycles. The Morgan fingerprint density at radius 2 is 2.32 bits per heavy atom. The SMILES string of the molecule is CN(C(=O)Cn1cc(Br)ccc1=O)C1CCNC1.Cl. The van der Waals surface area contributed by atoms with Crippen LogP contribution in [0.1, 0.15) is 6.42 Å². The van der Waals surface area contributed by atoms with Crippen LogP contribution < -0.4 is 10.9 Å². The normalized spacial score (nSPS) is 17.9. The summed E-state index contributed by atoms with van der Waals surface area (Å²) in [5.41, 5.74) is -0.163. The van der Waals surface area contributed by atoms with E-state index in [1.165, 1.54) is 10.6 Å². The summed E-state index contributed by atoms with van der Waals surface area (Å²) in [4.78, 5) is 25.4. The third-order valence-corrected chi connectivity index (χ3v) is 3.70. The van der Waals surface area contributed by atoms with Gasteiger partial charge >= 0.3 is 0 Å². The summed E-state index contributed by atoms with van der Waals surface area (Å²) in [6, 6.07) is 3.36. The molecule has 1 amide bonds. The number of rotatable bonds is 3. The molecule has 0 bridgehead atoms. The van der Waals surface area contributed by atoms with E-state index < -0.39 is 0 Å². The van der Waals surface area contributed by atoms with Crippen molar-refractivity contribution >= 4 is 34.2 Å². The van der Waals surface area contributed by atoms with E-state index in [9.17, 15) is 9.59 Å². The van der Waals surface area contributed by atoms with E-state index in [1.807, 2.05) is 0 Å². The second-order valence-corrected chi connectivity index (χ2v) is 5.38. The van der Waals surface area contributed by atoms with E-state index in [-0.39, 0.29) is 36.5 Å². The van der Waals surface area contributed by atoms with E-state index in [0.29, 0.717) is 0 Å². The lowest BCUT2D eigenvalue weighted by atomic mass is 10.2. The molecule has 0 saturated carbocycles. The van der Waals surface area contributed by atoms with Gasteiger partial charge in [-0.05, 0) is 35.0 Å². The molecule has 0 aromatic carbocycles. The molecule has 2 rings (SSSR count). The number of amides is 1. The summed E-state index contributed by atoms with van der Waals surface area (Å²) in [6.07, 6.45) is 2.61. The van der Waals surface area contributed by atoms with E-state index in [2.05, 4.69) is 21.2 Å². The van der Waals surface area contributed by atoms with Gasteiger partial charge in [-0.15, -0.1) is 12.4 Å². The van der Waals surface area contributed by atoms with Crippen molar-refractivity contribution in [3.63, 3.8) is 0 Å². The number of hydrogen-bond acceptors (Lipinski definition) is 3. The van der Waals surface area contributed by atoms with Gasteiger partial charge in [0.2, 0.25) is 5.91 Å². The van der Waals surface area contributed by atoms with E-state index in [0.717, 1.165) is 24.0 Å². The van der Waals surface area contributed by atoms with Crippen LogP contribution in [0, 0.1) is 0 Å². The highest BCUT2D eigenvalue weighted by Crippen LogP contribution is 2.08. The Balaban J connectivity index is 0.00000180. The maximum absolute atomic E-state index is 12.1. The first-order chi connectivity index (χ1) is 8.58. The smallest absolute Gasteiger partial charge is 0.251 e. The van der Waals surface area contributed by atoms with Crippen molar-refractivity contribution in [1.82, 2.24) is 14.8 Å². The van der Waals surface area contributed by atoms with Crippen LogP contribution in [-0.2, 0) is 11.3 Å². The molecule has 1 aliphatic heterocycles. The Bertz CT molecular complexity index is 500. The molecule has 5 nitrogen and oxygen atoms in total. The molecule has 1 fully saturated rings. The van der Waals surface area contributed by atoms with Gasteiger partial charge in [0.25, 0.3) is 5.56 Å². The summed E-state index contributed by atoms with van der Waals surface area (Å²) in [6.45, 7) is 1.86. The van der Waals surface area contributed by atoms with Crippen LogP contribution in [0.2, 0.25) is 0 Å². The third-order valence-electron chi connectivity index (χ3n) is 3.23. The first kappa shape index (κ1) is 16.2. The number of hydrogen-bond donors (Lipinski definition) is 1. The molecule has 1 N–H and O–H groups in total. The maximum Gasteiger partial charge on any atom is 0.251 e. The van der Waals surface area contributed by atoms with Crippen LogP contribution in [-0.4, -0.2) is 41.6 Å². The van der Waals surface area contributed by atoms with Crippen LogP contribution in [0.5, 0.6) is 0 Å². The van der Waals surface area contributed by atoms with Gasteiger partial charge in [-0.25, -0.2) is 0 Å². The minimum atomic E-state index is -0.163. The fourth-order valence-electron chi connectivity index (χ4n) is 2.06. The molecule has 19 heavy (non-hydrogen) atoms. The highest BCUT2D eigenvalue weighted by Gasteiger charge is 2.23. The minimum absolute atomic E-state index is 0. The fourth-order valence-corrected chi connectivity index (χ4v) is 2.44. The maximum atomic E-state index is 12.1. The highest BCUT2D eigenvalue weighted by molar-refractivity contribution is 9.10. The van der Waals surface area contributed by atoms with Gasteiger partial charge in [-0.1, -0.05) is 0 Å². The molecule has 1 aliphatic rings. The van der Waals surface area contributed by atoms with Crippen LogP contribution in [0.4, 0.5) is 0 Å². The van der Waals surface area contributed by atoms with Crippen LogP contribution in [0.3, 0.4) is 0 Å². The number of likely N-dealkylation sites (N-methyl/N-ethyl adjacent to an activating group) is 1. The second kappa shape index (κ2) is 7.07. The first-order valence-electron chi connectivity index (χ1n) is 5.90. The van der Waals surface area contributed by atoms with Crippen molar-refractivity contribution < 1.29 is 4.79 Å². The summed E-state index contributed by atoms with van der Waals surface area (Å²) < 4.78 is 2.21. The zero-order valence-electron chi connectivity index (χ0n) is 10.6. The van der Waals surface area contributed by atoms with E-state index in [1.54, 1.807) is 24.2 Å². The second-order valence-electron chi connectivity index (χ2n) is 4.46. The molecular weight excluding hydrogens is 334 g/mol. The van der Waals surface area contributed by atoms with Crippen molar-refractivity contribution in [3.8, 4) is 0 Å². The molecule has 0 aliphatic carbocycles. The predicted octanol–water partition coefficient (Wildman–Crippen LogP) is 0.853.